The first kappa shape index (κ1) is 102. The van der Waals surface area contributed by atoms with Crippen molar-refractivity contribution in [2.45, 2.75) is 61.1 Å². The molecule has 0 aromatic heterocycles. The van der Waals surface area contributed by atoms with E-state index < -0.39 is 134 Å². The third-order valence-corrected chi connectivity index (χ3v) is 24.6. The smallest absolute Gasteiger partial charge is 0.870 e. The van der Waals surface area contributed by atoms with Crippen LogP contribution in [0.2, 0.25) is 0 Å². The Kier molecular flexibility index (Phi) is 37.9. The summed E-state index contributed by atoms with van der Waals surface area (Å²) in [6.45, 7) is 15.8. The maximum absolute atomic E-state index is 14.8. The van der Waals surface area contributed by atoms with Crippen molar-refractivity contribution >= 4 is 88.3 Å². The van der Waals surface area contributed by atoms with E-state index >= 15 is 0 Å². The summed E-state index contributed by atoms with van der Waals surface area (Å²) in [4.78, 5) is 53.5. The fourth-order valence-electron chi connectivity index (χ4n) is 12.2. The minimum atomic E-state index is -3.94. The molecule has 0 unspecified atom stereocenters. The Morgan fingerprint density at radius 3 is 0.675 bits per heavy atom. The summed E-state index contributed by atoms with van der Waals surface area (Å²) < 4.78 is 262. The molecule has 29 nitrogen and oxygen atoms in total. The summed E-state index contributed by atoms with van der Waals surface area (Å²) in [6, 6.07) is 27.5. The first-order valence-electron chi connectivity index (χ1n) is 38.2. The number of carboxylic acid groups (broad SMARTS) is 2. The second-order valence-corrected chi connectivity index (χ2v) is 34.9. The molecule has 2 saturated heterocycles. The number of piperazine rings is 2. The Morgan fingerprint density at radius 2 is 0.508 bits per heavy atom. The van der Waals surface area contributed by atoms with E-state index in [0.29, 0.717) is 78.5 Å². The molecule has 2 aliphatic rings. The third-order valence-electron chi connectivity index (χ3n) is 18.7. The molecule has 0 aliphatic carbocycles. The monoisotopic (exact) mass is 1830 g/mol. The fourth-order valence-corrected chi connectivity index (χ4v) is 16.2. The molecule has 0 spiro atoms. The Hall–Kier alpha value is -10.7. The van der Waals surface area contributed by atoms with Gasteiger partial charge in [0.05, 0.1) is 32.8 Å². The van der Waals surface area contributed by atoms with E-state index in [1.54, 1.807) is 13.8 Å². The van der Waals surface area contributed by atoms with Gasteiger partial charge in [-0.1, -0.05) is 0 Å². The molecule has 2 heterocycles. The number of rotatable bonds is 38. The van der Waals surface area contributed by atoms with Gasteiger partial charge in [0.15, 0.2) is 69.5 Å². The first-order valence-corrected chi connectivity index (χ1v) is 44.1. The third kappa shape index (κ3) is 29.7. The predicted molar refractivity (Wildman–Crippen MR) is 443 cm³/mol. The molecule has 2 aliphatic heterocycles. The van der Waals surface area contributed by atoms with Crippen molar-refractivity contribution in [1.29, 1.82) is 0 Å². The number of sulfonamides is 4. The van der Waals surface area contributed by atoms with Crippen LogP contribution in [0.15, 0.2) is 187 Å². The normalized spacial score (nSPS) is 14.2. The van der Waals surface area contributed by atoms with Gasteiger partial charge in [-0.2, -0.15) is 0 Å². The van der Waals surface area contributed by atoms with Gasteiger partial charge >= 0.3 is 42.7 Å². The number of esters is 2. The molecule has 0 bridgehead atoms. The quantitative estimate of drug-likeness (QED) is 0.00908. The van der Waals surface area contributed by atoms with Gasteiger partial charge in [0, 0.05) is 127 Å². The molecule has 2 fully saturated rings. The number of aliphatic carboxylic acids is 2. The number of carbonyl (C=O) groups excluding carboxylic acids is 2. The van der Waals surface area contributed by atoms with E-state index in [4.69, 9.17) is 38.6 Å². The maximum atomic E-state index is 14.8. The summed E-state index contributed by atoms with van der Waals surface area (Å²) in [6.07, 6.45) is 4.75. The molecule has 0 amide bonds. The molecule has 126 heavy (non-hydrogen) atoms. The Bertz CT molecular complexity index is 5370. The van der Waals surface area contributed by atoms with Crippen LogP contribution in [-0.4, -0.2) is 211 Å². The zero-order valence-electron chi connectivity index (χ0n) is 69.0. The SMILES string of the molecule is C/C(=C\c1cc(F)c(Oc2ccc(S(=O)(=O)NCCN3CCN(CCNS(=O)(=O)c4ccc(Oc5c(F)cc(/C=C(\C)C(=O)O)cc5F)cc4)CC3)cc2)c(F)c1)C(=O)O.CCOC(=O)/C(C)=C/c1cc(F)c(Oc2ccc(S(=O)(=O)NCCN3CCN(CCNS(=O)(=O)c4ccc(Oc5c(F)cc(/C=C(\C)C(=O)OCC)cc5F)cc4)CC3)cc2)c(F)c1.[Li+].[OH-]. The first-order chi connectivity index (χ1) is 58.7. The fraction of sp³-hybridized carbons (Fsp3) is 0.286. The Morgan fingerprint density at radius 1 is 0.333 bits per heavy atom. The zero-order chi connectivity index (χ0) is 90.4. The number of carbonyl (C=O) groups is 4. The van der Waals surface area contributed by atoms with Crippen LogP contribution in [0.3, 0.4) is 0 Å². The number of nitrogens with zero attached hydrogens (tertiary/aromatic N) is 4. The van der Waals surface area contributed by atoms with Gasteiger partial charge in [0.25, 0.3) is 0 Å². The summed E-state index contributed by atoms with van der Waals surface area (Å²) in [5, 5.41) is 18.0. The molecule has 7 N–H and O–H groups in total. The van der Waals surface area contributed by atoms with Gasteiger partial charge in [0.1, 0.15) is 23.0 Å². The van der Waals surface area contributed by atoms with Crippen LogP contribution in [0, 0.1) is 46.5 Å². The van der Waals surface area contributed by atoms with Crippen LogP contribution < -0.4 is 56.7 Å². The second-order valence-electron chi connectivity index (χ2n) is 27.9. The number of hydrogen-bond acceptors (Lipinski definition) is 23. The number of carboxylic acids is 2. The molecule has 10 rings (SSSR count). The van der Waals surface area contributed by atoms with Gasteiger partial charge < -0.3 is 44.1 Å². The van der Waals surface area contributed by atoms with Crippen molar-refractivity contribution in [3.63, 3.8) is 0 Å². The van der Waals surface area contributed by atoms with Crippen molar-refractivity contribution < 1.29 is 151 Å². The molecule has 672 valence electrons. The minimum absolute atomic E-state index is 0. The second kappa shape index (κ2) is 46.7. The standard InChI is InChI=1S/C44H48F4N4O10S2.C40H40F4N4O10S2.Li.H2O/c1-5-59-43(53)29(3)23-31-25-37(45)41(38(46)26-31)61-33-7-11-35(12-8-33)63(55,56)49-15-17-51-19-21-52(22-20-51)18-16-50-64(57,58)36-13-9-34(10-14-36)62-42-39(47)27-32(28-40(42)48)24-30(4)44(54)60-6-2;1-25(39(49)50)19-27-21-33(41)37(34(42)22-27)57-29-3-7-31(8-4-29)59(53,54)45-11-13-47-15-17-48(18-16-47)14-12-46-60(55,56)32-9-5-30(6-10-32)58-38-35(43)23-28(24-36(38)44)20-26(2)40(51)52;;/h7-14,23-28,49-50H,5-6,15-22H2,1-4H3;3-10,19-24,45-46H,11-18H2,1-2H3,(H,49,50)(H,51,52);;1H2/q;;+1;/p-1/b29-23+,30-24+;25-19+,26-20+;;. The summed E-state index contributed by atoms with van der Waals surface area (Å²) in [5.74, 6) is -15.1. The molecule has 8 aromatic rings. The van der Waals surface area contributed by atoms with Crippen LogP contribution in [0.4, 0.5) is 35.1 Å². The summed E-state index contributed by atoms with van der Waals surface area (Å²) >= 11 is 0. The molecular weight excluding hydrogens is 1740 g/mol. The summed E-state index contributed by atoms with van der Waals surface area (Å²) in [7, 11) is -15.8. The van der Waals surface area contributed by atoms with Gasteiger partial charge in [-0.3, -0.25) is 19.6 Å². The molecule has 0 saturated carbocycles. The van der Waals surface area contributed by atoms with Crippen molar-refractivity contribution in [3.8, 4) is 46.0 Å². The summed E-state index contributed by atoms with van der Waals surface area (Å²) in [5.41, 5.74) is 0.184. The molecule has 8 aromatic carbocycles. The average molecular weight is 1830 g/mol. The van der Waals surface area contributed by atoms with Crippen LogP contribution >= 0.6 is 0 Å². The molecular formula is C84H89F8LiN8O21S4. The van der Waals surface area contributed by atoms with Crippen LogP contribution in [0.1, 0.15) is 63.8 Å². The Balaban J connectivity index is 0.000000341. The van der Waals surface area contributed by atoms with Gasteiger partial charge in [-0.25, -0.2) is 107 Å². The number of hydrogen-bond donors (Lipinski definition) is 6. The van der Waals surface area contributed by atoms with E-state index in [1.807, 2.05) is 9.80 Å². The number of benzene rings is 8. The van der Waals surface area contributed by atoms with E-state index in [-0.39, 0.29) is 151 Å². The molecule has 42 heteroatoms. The number of nitrogens with one attached hydrogen (secondary N) is 4. The van der Waals surface area contributed by atoms with E-state index in [9.17, 15) is 88.0 Å². The molecule has 0 radical (unpaired) electrons. The van der Waals surface area contributed by atoms with Crippen molar-refractivity contribution in [1.82, 2.24) is 38.5 Å². The topological polar surface area (TPSA) is 392 Å². The van der Waals surface area contributed by atoms with E-state index in [2.05, 4.69) is 28.7 Å². The van der Waals surface area contributed by atoms with E-state index in [1.165, 1.54) is 137 Å². The van der Waals surface area contributed by atoms with E-state index in [0.717, 1.165) is 60.7 Å². The minimum Gasteiger partial charge on any atom is -0.870 e. The van der Waals surface area contributed by atoms with Gasteiger partial charge in [0.2, 0.25) is 40.1 Å². The van der Waals surface area contributed by atoms with Crippen LogP contribution in [0.5, 0.6) is 46.0 Å². The van der Waals surface area contributed by atoms with Crippen molar-refractivity contribution in [3.05, 3.63) is 237 Å². The van der Waals surface area contributed by atoms with Crippen molar-refractivity contribution in [2.24, 2.45) is 0 Å². The van der Waals surface area contributed by atoms with Crippen LogP contribution in [0.25, 0.3) is 24.3 Å². The largest absolute Gasteiger partial charge is 1.00 e. The molecule has 0 atom stereocenters. The maximum Gasteiger partial charge on any atom is 1.00 e. The number of halogens is 8. The predicted octanol–water partition coefficient (Wildman–Crippen LogP) is 9.14. The zero-order valence-corrected chi connectivity index (χ0v) is 72.3. The average Bonchev–Trinajstić information content (AvgIpc) is 0.823. The van der Waals surface area contributed by atoms with Crippen molar-refractivity contribution in [2.75, 3.05) is 118 Å². The number of ether oxygens (including phenoxy) is 6. The van der Waals surface area contributed by atoms with Crippen LogP contribution in [-0.2, 0) is 68.7 Å². The Labute approximate surface area is 735 Å². The van der Waals surface area contributed by atoms with Gasteiger partial charge in [-0.15, -0.1) is 0 Å². The van der Waals surface area contributed by atoms with Gasteiger partial charge in [-0.05, 0) is 234 Å².